The van der Waals surface area contributed by atoms with Crippen molar-refractivity contribution >= 4 is 11.0 Å². The molecular weight excluding hydrogens is 448 g/mol. The number of phenolic OH excluding ortho intramolecular Hbond substituents is 1. The SMILES string of the molecule is CC(C)Oc1ccc(-c2coc3cc(OC4OC(CO)C(O)C(O)C4O)cc(O)c3c2=O)cc1. The molecule has 10 nitrogen and oxygen atoms in total. The average molecular weight is 474 g/mol. The maximum absolute atomic E-state index is 13.1. The molecule has 5 atom stereocenters. The molecule has 0 spiro atoms. The third kappa shape index (κ3) is 4.59. The minimum absolute atomic E-state index is 0.00734. The molecule has 2 aromatic carbocycles. The summed E-state index contributed by atoms with van der Waals surface area (Å²) in [5.41, 5.74) is 0.373. The van der Waals surface area contributed by atoms with Gasteiger partial charge in [0.2, 0.25) is 11.7 Å². The highest BCUT2D eigenvalue weighted by molar-refractivity contribution is 5.88. The quantitative estimate of drug-likeness (QED) is 0.350. The van der Waals surface area contributed by atoms with Gasteiger partial charge in [0, 0.05) is 12.1 Å². The number of aromatic hydroxyl groups is 1. The van der Waals surface area contributed by atoms with E-state index in [2.05, 4.69) is 0 Å². The first kappa shape index (κ1) is 24.0. The molecule has 1 aliphatic heterocycles. The lowest BCUT2D eigenvalue weighted by Crippen LogP contribution is -2.60. The fourth-order valence-corrected chi connectivity index (χ4v) is 3.76. The largest absolute Gasteiger partial charge is 0.507 e. The van der Waals surface area contributed by atoms with E-state index in [1.54, 1.807) is 24.3 Å². The second-order valence-corrected chi connectivity index (χ2v) is 8.30. The molecule has 1 fully saturated rings. The highest BCUT2D eigenvalue weighted by atomic mass is 16.7. The Morgan fingerprint density at radius 2 is 1.71 bits per heavy atom. The Hall–Kier alpha value is -3.15. The van der Waals surface area contributed by atoms with Crippen molar-refractivity contribution in [2.45, 2.75) is 50.7 Å². The van der Waals surface area contributed by atoms with Crippen LogP contribution in [0, 0.1) is 0 Å². The van der Waals surface area contributed by atoms with Gasteiger partial charge in [0.15, 0.2) is 0 Å². The number of hydrogen-bond donors (Lipinski definition) is 5. The lowest BCUT2D eigenvalue weighted by atomic mass is 9.99. The van der Waals surface area contributed by atoms with E-state index < -0.39 is 48.5 Å². The molecule has 10 heteroatoms. The third-order valence-electron chi connectivity index (χ3n) is 5.47. The van der Waals surface area contributed by atoms with Crippen LogP contribution in [0.3, 0.4) is 0 Å². The van der Waals surface area contributed by atoms with Crippen molar-refractivity contribution in [2.24, 2.45) is 0 Å². The van der Waals surface area contributed by atoms with E-state index in [-0.39, 0.29) is 28.4 Å². The Bertz CT molecular complexity index is 1200. The van der Waals surface area contributed by atoms with Crippen molar-refractivity contribution in [1.82, 2.24) is 0 Å². The van der Waals surface area contributed by atoms with Gasteiger partial charge in [-0.15, -0.1) is 0 Å². The van der Waals surface area contributed by atoms with Gasteiger partial charge in [0.1, 0.15) is 58.9 Å². The van der Waals surface area contributed by atoms with Crippen LogP contribution in [-0.4, -0.2) is 68.9 Å². The highest BCUT2D eigenvalue weighted by Crippen LogP contribution is 2.33. The summed E-state index contributed by atoms with van der Waals surface area (Å²) in [6.07, 6.45) is -6.13. The normalized spacial score (nSPS) is 25.0. The molecule has 34 heavy (non-hydrogen) atoms. The summed E-state index contributed by atoms with van der Waals surface area (Å²) < 4.78 is 22.0. The van der Waals surface area contributed by atoms with E-state index in [0.29, 0.717) is 11.3 Å². The number of phenols is 1. The summed E-state index contributed by atoms with van der Waals surface area (Å²) in [7, 11) is 0. The lowest BCUT2D eigenvalue weighted by Gasteiger charge is -2.39. The fourth-order valence-electron chi connectivity index (χ4n) is 3.76. The monoisotopic (exact) mass is 474 g/mol. The second kappa shape index (κ2) is 9.61. The van der Waals surface area contributed by atoms with Crippen molar-refractivity contribution in [3.63, 3.8) is 0 Å². The maximum Gasteiger partial charge on any atom is 0.229 e. The summed E-state index contributed by atoms with van der Waals surface area (Å²) in [5, 5.41) is 49.7. The van der Waals surface area contributed by atoms with Crippen molar-refractivity contribution in [1.29, 1.82) is 0 Å². The zero-order valence-corrected chi connectivity index (χ0v) is 18.5. The van der Waals surface area contributed by atoms with Gasteiger partial charge in [-0.3, -0.25) is 4.79 Å². The molecule has 0 aliphatic carbocycles. The van der Waals surface area contributed by atoms with E-state index in [1.807, 2.05) is 13.8 Å². The van der Waals surface area contributed by atoms with E-state index in [4.69, 9.17) is 18.6 Å². The predicted molar refractivity (Wildman–Crippen MR) is 120 cm³/mol. The first-order valence-corrected chi connectivity index (χ1v) is 10.7. The first-order chi connectivity index (χ1) is 16.2. The highest BCUT2D eigenvalue weighted by Gasteiger charge is 2.44. The summed E-state index contributed by atoms with van der Waals surface area (Å²) in [6, 6.07) is 9.35. The zero-order chi connectivity index (χ0) is 24.6. The standard InChI is InChI=1S/C24H26O10/c1-11(2)32-13-5-3-12(4-6-13)15-10-31-17-8-14(7-16(26)19(17)20(15)27)33-24-23(30)22(29)21(28)18(9-25)34-24/h3-8,10-11,18,21-26,28-30H,9H2,1-2H3. The number of aliphatic hydroxyl groups excluding tert-OH is 4. The summed E-state index contributed by atoms with van der Waals surface area (Å²) >= 11 is 0. The molecular formula is C24H26O10. The molecule has 1 aromatic heterocycles. The van der Waals surface area contributed by atoms with Crippen molar-refractivity contribution in [3.8, 4) is 28.4 Å². The van der Waals surface area contributed by atoms with Crippen LogP contribution in [0.4, 0.5) is 0 Å². The van der Waals surface area contributed by atoms with Crippen molar-refractivity contribution in [2.75, 3.05) is 6.61 Å². The average Bonchev–Trinajstić information content (AvgIpc) is 2.80. The predicted octanol–water partition coefficient (Wildman–Crippen LogP) is 1.13. The van der Waals surface area contributed by atoms with Crippen LogP contribution in [0.5, 0.6) is 17.2 Å². The van der Waals surface area contributed by atoms with E-state index >= 15 is 0 Å². The van der Waals surface area contributed by atoms with Gasteiger partial charge < -0.3 is 44.2 Å². The van der Waals surface area contributed by atoms with Gasteiger partial charge in [0.25, 0.3) is 0 Å². The van der Waals surface area contributed by atoms with E-state index in [9.17, 15) is 30.3 Å². The van der Waals surface area contributed by atoms with Crippen molar-refractivity contribution in [3.05, 3.63) is 52.9 Å². The number of rotatable bonds is 6. The Morgan fingerprint density at radius 3 is 2.35 bits per heavy atom. The first-order valence-electron chi connectivity index (χ1n) is 10.7. The molecule has 1 saturated heterocycles. The minimum Gasteiger partial charge on any atom is -0.507 e. The molecule has 5 N–H and O–H groups in total. The summed E-state index contributed by atoms with van der Waals surface area (Å²) in [5.74, 6) is 0.203. The van der Waals surface area contributed by atoms with Gasteiger partial charge in [0.05, 0.1) is 18.3 Å². The molecule has 4 rings (SSSR count). The molecule has 182 valence electrons. The number of benzene rings is 2. The third-order valence-corrected chi connectivity index (χ3v) is 5.47. The Morgan fingerprint density at radius 1 is 1.00 bits per heavy atom. The Balaban J connectivity index is 1.63. The van der Waals surface area contributed by atoms with Crippen LogP contribution in [0.1, 0.15) is 13.8 Å². The summed E-state index contributed by atoms with van der Waals surface area (Å²) in [6.45, 7) is 3.20. The topological polar surface area (TPSA) is 159 Å². The van der Waals surface area contributed by atoms with Gasteiger partial charge >= 0.3 is 0 Å². The Kier molecular flexibility index (Phi) is 6.78. The molecule has 3 aromatic rings. The Labute approximate surface area is 194 Å². The number of aliphatic hydroxyl groups is 4. The van der Waals surface area contributed by atoms with Crippen LogP contribution in [0.25, 0.3) is 22.1 Å². The van der Waals surface area contributed by atoms with Crippen LogP contribution < -0.4 is 14.9 Å². The minimum atomic E-state index is -1.63. The van der Waals surface area contributed by atoms with Crippen LogP contribution in [0.2, 0.25) is 0 Å². The molecule has 0 saturated carbocycles. The lowest BCUT2D eigenvalue weighted by molar-refractivity contribution is -0.277. The maximum atomic E-state index is 13.1. The number of fused-ring (bicyclic) bond motifs is 1. The second-order valence-electron chi connectivity index (χ2n) is 8.30. The molecule has 5 unspecified atom stereocenters. The van der Waals surface area contributed by atoms with Gasteiger partial charge in [-0.05, 0) is 31.5 Å². The molecule has 2 heterocycles. The molecule has 0 radical (unpaired) electrons. The smallest absolute Gasteiger partial charge is 0.229 e. The number of ether oxygens (including phenoxy) is 3. The molecule has 0 amide bonds. The fraction of sp³-hybridized carbons (Fsp3) is 0.375. The van der Waals surface area contributed by atoms with Gasteiger partial charge in [-0.25, -0.2) is 0 Å². The van der Waals surface area contributed by atoms with Crippen LogP contribution in [-0.2, 0) is 4.74 Å². The van der Waals surface area contributed by atoms with E-state index in [1.165, 1.54) is 12.3 Å². The van der Waals surface area contributed by atoms with Crippen LogP contribution in [0.15, 0.2) is 51.9 Å². The van der Waals surface area contributed by atoms with Crippen molar-refractivity contribution < 1.29 is 44.2 Å². The van der Waals surface area contributed by atoms with Crippen LogP contribution >= 0.6 is 0 Å². The number of hydrogen-bond acceptors (Lipinski definition) is 10. The molecule has 0 bridgehead atoms. The van der Waals surface area contributed by atoms with Gasteiger partial charge in [-0.1, -0.05) is 12.1 Å². The summed E-state index contributed by atoms with van der Waals surface area (Å²) in [4.78, 5) is 13.1. The zero-order valence-electron chi connectivity index (χ0n) is 18.5. The van der Waals surface area contributed by atoms with Gasteiger partial charge in [-0.2, -0.15) is 0 Å². The van der Waals surface area contributed by atoms with E-state index in [0.717, 1.165) is 6.07 Å². The molecule has 1 aliphatic rings.